The molecule has 0 bridgehead atoms. The van der Waals surface area contributed by atoms with Gasteiger partial charge < -0.3 is 15.3 Å². The lowest BCUT2D eigenvalue weighted by Crippen LogP contribution is -2.44. The van der Waals surface area contributed by atoms with Crippen LogP contribution in [-0.2, 0) is 18.9 Å². The van der Waals surface area contributed by atoms with E-state index in [2.05, 4.69) is 15.2 Å². The molecule has 10 heteroatoms. The fourth-order valence-corrected chi connectivity index (χ4v) is 3.68. The zero-order valence-corrected chi connectivity index (χ0v) is 16.7. The van der Waals surface area contributed by atoms with Gasteiger partial charge in [0.2, 0.25) is 5.95 Å². The van der Waals surface area contributed by atoms with E-state index in [0.29, 0.717) is 30.3 Å². The summed E-state index contributed by atoms with van der Waals surface area (Å²) in [5.41, 5.74) is 0.869. The quantitative estimate of drug-likeness (QED) is 0.579. The minimum absolute atomic E-state index is 0.268. The number of fused-ring (bicyclic) bond motifs is 1. The predicted molar refractivity (Wildman–Crippen MR) is 113 cm³/mol. The van der Waals surface area contributed by atoms with Crippen LogP contribution in [0.4, 0.5) is 5.95 Å². The van der Waals surface area contributed by atoms with Gasteiger partial charge in [-0.25, -0.2) is 9.59 Å². The summed E-state index contributed by atoms with van der Waals surface area (Å²) in [5, 5.41) is 12.3. The first-order valence-electron chi connectivity index (χ1n) is 9.54. The summed E-state index contributed by atoms with van der Waals surface area (Å²) in [5.74, 6) is -0.526. The number of nitrogens with zero attached hydrogens (tertiary/aromatic N) is 5. The molecule has 3 aromatic rings. The standard InChI is InChI=1S/C20H22N6O4/c1-23-17-16(18(29)24(2)20(23)30)26(19(22-17)25-11-9-21-10-12-25)14-6-4-3-5-13(14)7-8-15(27)28/h3-8,21H,9-12H2,1-2H3,(H,27,28)/b8-7+. The summed E-state index contributed by atoms with van der Waals surface area (Å²) in [6.07, 6.45) is 2.54. The van der Waals surface area contributed by atoms with Crippen molar-refractivity contribution in [3.05, 3.63) is 56.7 Å². The highest BCUT2D eigenvalue weighted by molar-refractivity contribution is 5.87. The maximum atomic E-state index is 13.1. The third-order valence-corrected chi connectivity index (χ3v) is 5.22. The number of imidazole rings is 1. The number of piperazine rings is 1. The number of nitrogens with one attached hydrogen (secondary N) is 1. The van der Waals surface area contributed by atoms with E-state index in [4.69, 9.17) is 5.11 Å². The number of para-hydroxylation sites is 1. The number of carboxylic acids is 1. The molecule has 0 atom stereocenters. The molecule has 0 aliphatic carbocycles. The molecule has 2 aromatic heterocycles. The average Bonchev–Trinajstić information content (AvgIpc) is 3.16. The fraction of sp³-hybridized carbons (Fsp3) is 0.300. The number of anilines is 1. The molecule has 10 nitrogen and oxygen atoms in total. The van der Waals surface area contributed by atoms with E-state index in [1.54, 1.807) is 29.8 Å². The Balaban J connectivity index is 2.09. The molecule has 0 unspecified atom stereocenters. The molecule has 30 heavy (non-hydrogen) atoms. The summed E-state index contributed by atoms with van der Waals surface area (Å²) in [4.78, 5) is 43.4. The van der Waals surface area contributed by atoms with E-state index in [1.165, 1.54) is 17.7 Å². The van der Waals surface area contributed by atoms with Crippen molar-refractivity contribution >= 4 is 29.2 Å². The number of carbonyl (C=O) groups is 1. The second-order valence-electron chi connectivity index (χ2n) is 7.09. The Morgan fingerprint density at radius 2 is 1.83 bits per heavy atom. The summed E-state index contributed by atoms with van der Waals surface area (Å²) >= 11 is 0. The van der Waals surface area contributed by atoms with E-state index in [0.717, 1.165) is 23.7 Å². The van der Waals surface area contributed by atoms with Crippen molar-refractivity contribution in [3.63, 3.8) is 0 Å². The minimum atomic E-state index is -1.07. The number of hydrogen-bond acceptors (Lipinski definition) is 6. The Kier molecular flexibility index (Phi) is 5.00. The van der Waals surface area contributed by atoms with Crippen LogP contribution in [0.2, 0.25) is 0 Å². The highest BCUT2D eigenvalue weighted by Gasteiger charge is 2.25. The Bertz CT molecular complexity index is 1280. The molecule has 1 fully saturated rings. The largest absolute Gasteiger partial charge is 0.478 e. The first-order valence-corrected chi connectivity index (χ1v) is 9.54. The molecule has 0 amide bonds. The van der Waals surface area contributed by atoms with Crippen molar-refractivity contribution in [1.82, 2.24) is 24.0 Å². The maximum absolute atomic E-state index is 13.1. The molecule has 0 spiro atoms. The molecular formula is C20H22N6O4. The second kappa shape index (κ2) is 7.64. The van der Waals surface area contributed by atoms with Crippen molar-refractivity contribution in [2.45, 2.75) is 0 Å². The molecule has 1 aliphatic rings. The van der Waals surface area contributed by atoms with E-state index < -0.39 is 17.2 Å². The van der Waals surface area contributed by atoms with Crippen molar-refractivity contribution in [2.24, 2.45) is 14.1 Å². The number of benzene rings is 1. The molecule has 0 saturated carbocycles. The van der Waals surface area contributed by atoms with Gasteiger partial charge >= 0.3 is 11.7 Å². The van der Waals surface area contributed by atoms with E-state index in [9.17, 15) is 14.4 Å². The lowest BCUT2D eigenvalue weighted by Gasteiger charge is -2.29. The van der Waals surface area contributed by atoms with Gasteiger partial charge in [0.15, 0.2) is 11.2 Å². The van der Waals surface area contributed by atoms with Gasteiger partial charge in [-0.05, 0) is 17.7 Å². The van der Waals surface area contributed by atoms with Gasteiger partial charge in [0.1, 0.15) is 0 Å². The fourth-order valence-electron chi connectivity index (χ4n) is 3.68. The average molecular weight is 410 g/mol. The predicted octanol–water partition coefficient (Wildman–Crippen LogP) is -0.0697. The number of rotatable bonds is 4. The van der Waals surface area contributed by atoms with Crippen LogP contribution in [0.25, 0.3) is 22.9 Å². The zero-order chi connectivity index (χ0) is 21.4. The van der Waals surface area contributed by atoms with E-state index in [-0.39, 0.29) is 11.2 Å². The van der Waals surface area contributed by atoms with Crippen LogP contribution in [0.3, 0.4) is 0 Å². The number of carboxylic acid groups (broad SMARTS) is 1. The van der Waals surface area contributed by atoms with Gasteiger partial charge in [0.25, 0.3) is 5.56 Å². The van der Waals surface area contributed by atoms with Crippen LogP contribution >= 0.6 is 0 Å². The number of hydrogen-bond donors (Lipinski definition) is 2. The molecule has 156 valence electrons. The Morgan fingerprint density at radius 1 is 1.13 bits per heavy atom. The van der Waals surface area contributed by atoms with Crippen molar-refractivity contribution in [2.75, 3.05) is 31.1 Å². The maximum Gasteiger partial charge on any atom is 0.332 e. The number of aromatic nitrogens is 4. The molecule has 1 aliphatic heterocycles. The smallest absolute Gasteiger partial charge is 0.332 e. The van der Waals surface area contributed by atoms with Crippen molar-refractivity contribution in [1.29, 1.82) is 0 Å². The van der Waals surface area contributed by atoms with Crippen molar-refractivity contribution < 1.29 is 9.90 Å². The van der Waals surface area contributed by atoms with Gasteiger partial charge in [-0.2, -0.15) is 4.98 Å². The van der Waals surface area contributed by atoms with Crippen LogP contribution < -0.4 is 21.5 Å². The summed E-state index contributed by atoms with van der Waals surface area (Å²) in [6.45, 7) is 2.90. The molecule has 0 radical (unpaired) electrons. The molecule has 4 rings (SSSR count). The van der Waals surface area contributed by atoms with Crippen molar-refractivity contribution in [3.8, 4) is 5.69 Å². The zero-order valence-electron chi connectivity index (χ0n) is 16.7. The summed E-state index contributed by atoms with van der Waals surface area (Å²) in [7, 11) is 3.02. The first-order chi connectivity index (χ1) is 14.4. The summed E-state index contributed by atoms with van der Waals surface area (Å²) < 4.78 is 4.14. The number of aryl methyl sites for hydroxylation is 1. The molecule has 2 N–H and O–H groups in total. The SMILES string of the molecule is Cn1c(=O)c2c(nc(N3CCNCC3)n2-c2ccccc2/C=C/C(=O)O)n(C)c1=O. The number of aliphatic carboxylic acids is 1. The topological polar surface area (TPSA) is 114 Å². The molecule has 1 aromatic carbocycles. The minimum Gasteiger partial charge on any atom is -0.478 e. The lowest BCUT2D eigenvalue weighted by atomic mass is 10.1. The van der Waals surface area contributed by atoms with Gasteiger partial charge in [-0.1, -0.05) is 18.2 Å². The Hall–Kier alpha value is -3.66. The van der Waals surface area contributed by atoms with E-state index >= 15 is 0 Å². The van der Waals surface area contributed by atoms with Crippen LogP contribution in [0.15, 0.2) is 39.9 Å². The summed E-state index contributed by atoms with van der Waals surface area (Å²) in [6, 6.07) is 7.18. The van der Waals surface area contributed by atoms with Gasteiger partial charge in [0, 0.05) is 46.4 Å². The van der Waals surface area contributed by atoms with Crippen LogP contribution in [-0.4, -0.2) is 55.9 Å². The third kappa shape index (κ3) is 3.20. The molecule has 3 heterocycles. The van der Waals surface area contributed by atoms with Gasteiger partial charge in [-0.15, -0.1) is 0 Å². The molecular weight excluding hydrogens is 388 g/mol. The third-order valence-electron chi connectivity index (χ3n) is 5.22. The molecule has 1 saturated heterocycles. The highest BCUT2D eigenvalue weighted by Crippen LogP contribution is 2.27. The van der Waals surface area contributed by atoms with Crippen LogP contribution in [0, 0.1) is 0 Å². The Morgan fingerprint density at radius 3 is 2.53 bits per heavy atom. The van der Waals surface area contributed by atoms with Gasteiger partial charge in [-0.3, -0.25) is 18.5 Å². The first kappa shape index (κ1) is 19.6. The van der Waals surface area contributed by atoms with Gasteiger partial charge in [0.05, 0.1) is 5.69 Å². The normalized spacial score (nSPS) is 14.7. The second-order valence-corrected chi connectivity index (χ2v) is 7.09. The van der Waals surface area contributed by atoms with Crippen LogP contribution in [0.1, 0.15) is 5.56 Å². The highest BCUT2D eigenvalue weighted by atomic mass is 16.4. The Labute approximate surface area is 171 Å². The monoisotopic (exact) mass is 410 g/mol. The lowest BCUT2D eigenvalue weighted by molar-refractivity contribution is -0.131. The van der Waals surface area contributed by atoms with E-state index in [1.807, 2.05) is 6.07 Å². The van der Waals surface area contributed by atoms with Crippen LogP contribution in [0.5, 0.6) is 0 Å².